The van der Waals surface area contributed by atoms with Crippen LogP contribution < -0.4 is 4.74 Å². The molecule has 5 atom stereocenters. The zero-order chi connectivity index (χ0) is 25.0. The summed E-state index contributed by atoms with van der Waals surface area (Å²) in [4.78, 5) is 5.51. The van der Waals surface area contributed by atoms with Crippen molar-refractivity contribution in [3.63, 3.8) is 0 Å². The van der Waals surface area contributed by atoms with Gasteiger partial charge in [-0.25, -0.2) is 0 Å². The molecule has 2 aromatic rings. The van der Waals surface area contributed by atoms with Crippen LogP contribution in [0.4, 0.5) is 13.2 Å². The highest BCUT2D eigenvalue weighted by atomic mass is 19.4. The van der Waals surface area contributed by atoms with Crippen LogP contribution in [0.5, 0.6) is 11.5 Å². The molecule has 0 saturated heterocycles. The first kappa shape index (κ1) is 24.0. The van der Waals surface area contributed by atoms with Gasteiger partial charge in [0.1, 0.15) is 6.61 Å². The topological polar surface area (TPSA) is 71.3 Å². The molecule has 1 unspecified atom stereocenters. The van der Waals surface area contributed by atoms with Crippen LogP contribution in [0.1, 0.15) is 67.2 Å². The molecule has 0 heterocycles. The fraction of sp³-hybridized carbons (Fsp3) is 0.519. The van der Waals surface area contributed by atoms with Crippen molar-refractivity contribution in [1.29, 1.82) is 0 Å². The Hall–Kier alpha value is -2.74. The maximum absolute atomic E-state index is 13.4. The smallest absolute Gasteiger partial charge is 0.416 e. The molecule has 0 aliphatic heterocycles. The Kier molecular flexibility index (Phi) is 5.98. The summed E-state index contributed by atoms with van der Waals surface area (Å²) in [7, 11) is 1.50. The number of phenols is 1. The van der Waals surface area contributed by atoms with E-state index in [1.807, 2.05) is 6.07 Å². The molecule has 0 radical (unpaired) electrons. The lowest BCUT2D eigenvalue weighted by atomic mass is 9.55. The maximum Gasteiger partial charge on any atom is 0.416 e. The number of hydrogen-bond acceptors (Lipinski definition) is 5. The number of aromatic hydroxyl groups is 1. The van der Waals surface area contributed by atoms with Crippen LogP contribution in [0.15, 0.2) is 41.6 Å². The van der Waals surface area contributed by atoms with E-state index >= 15 is 0 Å². The molecular weight excluding hydrogens is 459 g/mol. The minimum atomic E-state index is -4.48. The summed E-state index contributed by atoms with van der Waals surface area (Å²) in [5.74, 6) is 1.12. The van der Waals surface area contributed by atoms with Gasteiger partial charge in [0.2, 0.25) is 0 Å². The van der Waals surface area contributed by atoms with Gasteiger partial charge in [0.25, 0.3) is 0 Å². The molecular formula is C27H30F3NO4. The van der Waals surface area contributed by atoms with Crippen molar-refractivity contribution < 1.29 is 33.0 Å². The van der Waals surface area contributed by atoms with E-state index in [0.29, 0.717) is 23.8 Å². The molecule has 0 spiro atoms. The predicted octanol–water partition coefficient (Wildman–Crippen LogP) is 6.02. The average molecular weight is 490 g/mol. The van der Waals surface area contributed by atoms with E-state index in [2.05, 4.69) is 12.1 Å². The fourth-order valence-electron chi connectivity index (χ4n) is 6.76. The van der Waals surface area contributed by atoms with Crippen molar-refractivity contribution in [3.8, 4) is 11.5 Å². The number of nitrogens with zero attached hydrogens (tertiary/aromatic N) is 1. The normalized spacial score (nSPS) is 31.0. The second-order valence-electron chi connectivity index (χ2n) is 10.3. The van der Waals surface area contributed by atoms with Crippen LogP contribution >= 0.6 is 0 Å². The molecule has 2 saturated carbocycles. The van der Waals surface area contributed by atoms with Gasteiger partial charge < -0.3 is 19.8 Å². The van der Waals surface area contributed by atoms with Crippen LogP contribution in [-0.2, 0) is 17.6 Å². The minimum absolute atomic E-state index is 0.0139. The van der Waals surface area contributed by atoms with Gasteiger partial charge in [-0.15, -0.1) is 0 Å². The third kappa shape index (κ3) is 4.05. The Morgan fingerprint density at radius 1 is 1.14 bits per heavy atom. The third-order valence-corrected chi connectivity index (χ3v) is 8.60. The quantitative estimate of drug-likeness (QED) is 0.516. The van der Waals surface area contributed by atoms with E-state index in [0.717, 1.165) is 42.9 Å². The lowest BCUT2D eigenvalue weighted by Crippen LogP contribution is -2.45. The summed E-state index contributed by atoms with van der Waals surface area (Å²) >= 11 is 0. The number of hydrogen-bond donors (Lipinski definition) is 2. The fourth-order valence-corrected chi connectivity index (χ4v) is 6.76. The van der Waals surface area contributed by atoms with E-state index in [9.17, 15) is 23.4 Å². The van der Waals surface area contributed by atoms with E-state index in [1.54, 1.807) is 12.1 Å². The first-order valence-corrected chi connectivity index (χ1v) is 12.1. The van der Waals surface area contributed by atoms with Crippen molar-refractivity contribution in [1.82, 2.24) is 0 Å². The Labute approximate surface area is 202 Å². The molecule has 2 N–H and O–H groups in total. The summed E-state index contributed by atoms with van der Waals surface area (Å²) in [6, 6.07) is 8.78. The molecule has 35 heavy (non-hydrogen) atoms. The molecule has 0 bridgehead atoms. The van der Waals surface area contributed by atoms with Gasteiger partial charge in [0, 0.05) is 11.1 Å². The lowest BCUT2D eigenvalue weighted by Gasteiger charge is -2.50. The molecule has 0 amide bonds. The lowest BCUT2D eigenvalue weighted by molar-refractivity contribution is -0.138. The van der Waals surface area contributed by atoms with Gasteiger partial charge >= 0.3 is 6.18 Å². The highest BCUT2D eigenvalue weighted by Gasteiger charge is 2.55. The number of fused-ring (bicyclic) bond motifs is 5. The summed E-state index contributed by atoms with van der Waals surface area (Å²) in [5, 5.41) is 25.5. The van der Waals surface area contributed by atoms with Gasteiger partial charge in [-0.2, -0.15) is 13.2 Å². The van der Waals surface area contributed by atoms with Crippen LogP contribution in [-0.4, -0.2) is 29.1 Å². The molecule has 3 aliphatic carbocycles. The Balaban J connectivity index is 1.49. The number of rotatable bonds is 4. The third-order valence-electron chi connectivity index (χ3n) is 8.60. The monoisotopic (exact) mass is 489 g/mol. The molecule has 8 heteroatoms. The van der Waals surface area contributed by atoms with Gasteiger partial charge in [0.05, 0.1) is 24.5 Å². The largest absolute Gasteiger partial charge is 0.504 e. The molecule has 3 aliphatic rings. The first-order valence-electron chi connectivity index (χ1n) is 12.1. The second-order valence-corrected chi connectivity index (χ2v) is 10.3. The van der Waals surface area contributed by atoms with Crippen LogP contribution in [0.2, 0.25) is 0 Å². The van der Waals surface area contributed by atoms with Gasteiger partial charge in [-0.1, -0.05) is 30.3 Å². The summed E-state index contributed by atoms with van der Waals surface area (Å²) in [6.45, 7) is 1.85. The SMILES string of the molecule is COc1cc2c(cc1O)C(=NOCc1ccccc1C(F)(F)F)C[C@@H]1[C@@H]2CC[C@]2(C)C(O)CC[C@@H]12. The second kappa shape index (κ2) is 8.73. The van der Waals surface area contributed by atoms with E-state index < -0.39 is 11.7 Å². The highest BCUT2D eigenvalue weighted by molar-refractivity contribution is 6.03. The van der Waals surface area contributed by atoms with E-state index in [1.165, 1.54) is 19.2 Å². The highest BCUT2D eigenvalue weighted by Crippen LogP contribution is 2.61. The van der Waals surface area contributed by atoms with E-state index in [-0.39, 0.29) is 41.3 Å². The molecule has 2 aromatic carbocycles. The molecule has 2 fully saturated rings. The van der Waals surface area contributed by atoms with Crippen molar-refractivity contribution in [2.75, 3.05) is 7.11 Å². The zero-order valence-electron chi connectivity index (χ0n) is 19.8. The van der Waals surface area contributed by atoms with E-state index in [4.69, 9.17) is 9.57 Å². The molecule has 5 rings (SSSR count). The van der Waals surface area contributed by atoms with Crippen molar-refractivity contribution in [2.24, 2.45) is 22.4 Å². The van der Waals surface area contributed by atoms with Gasteiger partial charge in [-0.05, 0) is 79.0 Å². The number of phenolic OH excluding ortho intramolecular Hbond substituents is 1. The predicted molar refractivity (Wildman–Crippen MR) is 124 cm³/mol. The van der Waals surface area contributed by atoms with Crippen LogP contribution in [0.25, 0.3) is 0 Å². The van der Waals surface area contributed by atoms with Crippen LogP contribution in [0, 0.1) is 17.3 Å². The maximum atomic E-state index is 13.4. The number of alkyl halides is 3. The number of halogens is 3. The molecule has 5 nitrogen and oxygen atoms in total. The summed E-state index contributed by atoms with van der Waals surface area (Å²) in [5.41, 5.74) is 1.48. The van der Waals surface area contributed by atoms with Gasteiger partial charge in [-0.3, -0.25) is 0 Å². The molecule has 0 aromatic heterocycles. The Morgan fingerprint density at radius 3 is 2.66 bits per heavy atom. The average Bonchev–Trinajstić information content (AvgIpc) is 3.13. The van der Waals surface area contributed by atoms with Gasteiger partial charge in [0.15, 0.2) is 11.5 Å². The number of aliphatic hydroxyl groups excluding tert-OH is 1. The number of ether oxygens (including phenoxy) is 1. The number of methoxy groups -OCH3 is 1. The number of oxime groups is 1. The number of aliphatic hydroxyl groups is 1. The van der Waals surface area contributed by atoms with Crippen molar-refractivity contribution in [2.45, 2.75) is 63.8 Å². The van der Waals surface area contributed by atoms with Crippen molar-refractivity contribution in [3.05, 3.63) is 58.7 Å². The summed E-state index contributed by atoms with van der Waals surface area (Å²) in [6.07, 6.45) is -0.709. The Bertz CT molecular complexity index is 1150. The molecule has 188 valence electrons. The van der Waals surface area contributed by atoms with Crippen molar-refractivity contribution >= 4 is 5.71 Å². The standard InChI is InChI=1S/C27H30F3NO4/c1-26-10-9-16-17-13-24(34-2)23(32)12-19(17)22(11-18(16)21(26)7-8-25(26)33)31-35-14-15-5-3-4-6-20(15)27(28,29)30/h3-6,12-13,16,18,21,25,32-33H,7-11,14H2,1-2H3/t16-,18-,21+,25?,26+/m1/s1. The summed E-state index contributed by atoms with van der Waals surface area (Å²) < 4.78 is 45.5. The minimum Gasteiger partial charge on any atom is -0.504 e. The Morgan fingerprint density at radius 2 is 1.91 bits per heavy atom. The van der Waals surface area contributed by atoms with Crippen LogP contribution in [0.3, 0.4) is 0 Å². The zero-order valence-corrected chi connectivity index (χ0v) is 19.8. The number of benzene rings is 2. The first-order chi connectivity index (χ1) is 16.6.